The van der Waals surface area contributed by atoms with E-state index in [1.165, 1.54) is 73.8 Å². The summed E-state index contributed by atoms with van der Waals surface area (Å²) in [6.07, 6.45) is 13.2. The second kappa shape index (κ2) is 9.97. The van der Waals surface area contributed by atoms with Gasteiger partial charge in [0.15, 0.2) is 0 Å². The van der Waals surface area contributed by atoms with Gasteiger partial charge in [0.25, 0.3) is 0 Å². The molecule has 3 aliphatic rings. The first-order valence-electron chi connectivity index (χ1n) is 11.0. The summed E-state index contributed by atoms with van der Waals surface area (Å²) in [6, 6.07) is 6.95. The molecule has 5 heteroatoms. The quantitative estimate of drug-likeness (QED) is 0.623. The fourth-order valence-electron chi connectivity index (χ4n) is 5.01. The lowest BCUT2D eigenvalue weighted by Crippen LogP contribution is -2.47. The molecule has 2 aliphatic heterocycles. The molecule has 0 aromatic heterocycles. The van der Waals surface area contributed by atoms with E-state index in [1.54, 1.807) is 0 Å². The minimum Gasteiger partial charge on any atom is -0.375 e. The van der Waals surface area contributed by atoms with E-state index in [0.717, 1.165) is 43.2 Å². The summed E-state index contributed by atoms with van der Waals surface area (Å²) in [4.78, 5) is 5.26. The van der Waals surface area contributed by atoms with Gasteiger partial charge < -0.3 is 5.32 Å². The third-order valence-electron chi connectivity index (χ3n) is 6.79. The number of benzene rings is 1. The predicted molar refractivity (Wildman–Crippen MR) is 122 cm³/mol. The van der Waals surface area contributed by atoms with Crippen LogP contribution in [0.1, 0.15) is 50.5 Å². The first-order valence-corrected chi connectivity index (χ1v) is 12.2. The summed E-state index contributed by atoms with van der Waals surface area (Å²) in [5.74, 6) is 0.765. The Hall–Kier alpha value is -0.550. The molecule has 2 heterocycles. The van der Waals surface area contributed by atoms with Crippen molar-refractivity contribution in [3.05, 3.63) is 45.0 Å². The van der Waals surface area contributed by atoms with Crippen LogP contribution in [0.15, 0.2) is 34.4 Å². The number of nitrogens with zero attached hydrogens (tertiary/aromatic N) is 2. The molecule has 0 atom stereocenters. The fourth-order valence-corrected chi connectivity index (χ4v) is 5.62. The van der Waals surface area contributed by atoms with Crippen LogP contribution in [0.2, 0.25) is 5.02 Å². The Kier molecular flexibility index (Phi) is 7.38. The van der Waals surface area contributed by atoms with Gasteiger partial charge in [-0.15, -0.1) is 0 Å². The number of likely N-dealkylation sites (tertiary alicyclic amines) is 1. The van der Waals surface area contributed by atoms with Gasteiger partial charge in [-0.2, -0.15) is 0 Å². The zero-order valence-electron chi connectivity index (χ0n) is 16.8. The number of piperidine rings is 1. The van der Waals surface area contributed by atoms with Crippen molar-refractivity contribution in [3.8, 4) is 0 Å². The molecule has 1 aromatic carbocycles. The van der Waals surface area contributed by atoms with E-state index in [9.17, 15) is 0 Å². The molecule has 1 saturated heterocycles. The van der Waals surface area contributed by atoms with Crippen LogP contribution in [-0.4, -0.2) is 48.7 Å². The second-order valence-electron chi connectivity index (χ2n) is 8.79. The lowest BCUT2D eigenvalue weighted by Gasteiger charge is -2.38. The van der Waals surface area contributed by atoms with Crippen molar-refractivity contribution < 1.29 is 0 Å². The number of halogens is 2. The van der Waals surface area contributed by atoms with Crippen molar-refractivity contribution in [3.63, 3.8) is 0 Å². The van der Waals surface area contributed by atoms with Gasteiger partial charge >= 0.3 is 0 Å². The van der Waals surface area contributed by atoms with Gasteiger partial charge in [-0.3, -0.25) is 9.80 Å². The van der Waals surface area contributed by atoms with Crippen LogP contribution < -0.4 is 5.32 Å². The van der Waals surface area contributed by atoms with Gasteiger partial charge in [0.2, 0.25) is 0 Å². The smallest absolute Gasteiger partial charge is 0.0681 e. The minimum absolute atomic E-state index is 0.765. The van der Waals surface area contributed by atoms with Gasteiger partial charge in [0.05, 0.1) is 6.67 Å². The molecule has 4 rings (SSSR count). The summed E-state index contributed by atoms with van der Waals surface area (Å²) < 4.78 is 1.19. The lowest BCUT2D eigenvalue weighted by molar-refractivity contribution is 0.148. The van der Waals surface area contributed by atoms with E-state index < -0.39 is 0 Å². The zero-order valence-corrected chi connectivity index (χ0v) is 19.1. The van der Waals surface area contributed by atoms with E-state index in [-0.39, 0.29) is 0 Å². The van der Waals surface area contributed by atoms with E-state index in [4.69, 9.17) is 11.6 Å². The second-order valence-corrected chi connectivity index (χ2v) is 10.1. The largest absolute Gasteiger partial charge is 0.375 e. The third kappa shape index (κ3) is 5.53. The summed E-state index contributed by atoms with van der Waals surface area (Å²) >= 11 is 9.86. The molecule has 1 aromatic rings. The number of rotatable bonds is 5. The summed E-state index contributed by atoms with van der Waals surface area (Å²) in [5.41, 5.74) is 2.79. The molecule has 0 spiro atoms. The molecule has 0 bridgehead atoms. The summed E-state index contributed by atoms with van der Waals surface area (Å²) in [7, 11) is 0. The molecule has 154 valence electrons. The average molecular weight is 467 g/mol. The van der Waals surface area contributed by atoms with Gasteiger partial charge in [-0.05, 0) is 74.9 Å². The number of hydrogen-bond acceptors (Lipinski definition) is 3. The van der Waals surface area contributed by atoms with Crippen molar-refractivity contribution in [2.24, 2.45) is 5.92 Å². The Morgan fingerprint density at radius 2 is 1.86 bits per heavy atom. The Morgan fingerprint density at radius 1 is 1.07 bits per heavy atom. The molecule has 0 amide bonds. The molecule has 0 radical (unpaired) electrons. The Labute approximate surface area is 183 Å². The van der Waals surface area contributed by atoms with Gasteiger partial charge in [-0.1, -0.05) is 52.9 Å². The van der Waals surface area contributed by atoms with E-state index >= 15 is 0 Å². The van der Waals surface area contributed by atoms with Gasteiger partial charge in [-0.25, -0.2) is 0 Å². The van der Waals surface area contributed by atoms with Crippen molar-refractivity contribution in [1.82, 2.24) is 15.1 Å². The summed E-state index contributed by atoms with van der Waals surface area (Å²) in [6.45, 7) is 5.66. The van der Waals surface area contributed by atoms with Crippen LogP contribution in [0.3, 0.4) is 0 Å². The van der Waals surface area contributed by atoms with E-state index in [0.29, 0.717) is 0 Å². The SMILES string of the molecule is Clc1ccc(Br)c(CC2CCN(CC3=CCN(C4CCCCC4)CN3)CC2)c1. The van der Waals surface area contributed by atoms with Crippen LogP contribution in [0.25, 0.3) is 0 Å². The highest BCUT2D eigenvalue weighted by atomic mass is 79.9. The van der Waals surface area contributed by atoms with Crippen LogP contribution in [0.4, 0.5) is 0 Å². The Bertz CT molecular complexity index is 678. The summed E-state index contributed by atoms with van der Waals surface area (Å²) in [5, 5.41) is 4.54. The highest BCUT2D eigenvalue weighted by molar-refractivity contribution is 9.10. The fraction of sp³-hybridized carbons (Fsp3) is 0.652. The normalized spacial score (nSPS) is 23.4. The average Bonchev–Trinajstić information content (AvgIpc) is 2.73. The maximum atomic E-state index is 6.18. The highest BCUT2D eigenvalue weighted by Gasteiger charge is 2.24. The van der Waals surface area contributed by atoms with Crippen molar-refractivity contribution in [2.75, 3.05) is 32.8 Å². The molecule has 2 fully saturated rings. The van der Waals surface area contributed by atoms with E-state index in [1.807, 2.05) is 6.07 Å². The Morgan fingerprint density at radius 3 is 2.57 bits per heavy atom. The molecule has 1 saturated carbocycles. The zero-order chi connectivity index (χ0) is 19.3. The maximum absolute atomic E-state index is 6.18. The van der Waals surface area contributed by atoms with Crippen LogP contribution in [-0.2, 0) is 6.42 Å². The molecular weight excluding hydrogens is 434 g/mol. The van der Waals surface area contributed by atoms with Crippen LogP contribution >= 0.6 is 27.5 Å². The topological polar surface area (TPSA) is 18.5 Å². The first kappa shape index (κ1) is 20.7. The molecule has 1 N–H and O–H groups in total. The van der Waals surface area contributed by atoms with E-state index in [2.05, 4.69) is 49.3 Å². The van der Waals surface area contributed by atoms with Crippen LogP contribution in [0.5, 0.6) is 0 Å². The molecule has 0 unspecified atom stereocenters. The predicted octanol–water partition coefficient (Wildman–Crippen LogP) is 5.44. The van der Waals surface area contributed by atoms with Crippen molar-refractivity contribution in [2.45, 2.75) is 57.4 Å². The van der Waals surface area contributed by atoms with Crippen molar-refractivity contribution in [1.29, 1.82) is 0 Å². The highest BCUT2D eigenvalue weighted by Crippen LogP contribution is 2.28. The molecule has 3 nitrogen and oxygen atoms in total. The third-order valence-corrected chi connectivity index (χ3v) is 7.80. The molecular formula is C23H33BrClN3. The number of nitrogens with one attached hydrogen (secondary N) is 1. The van der Waals surface area contributed by atoms with Gasteiger partial charge in [0.1, 0.15) is 0 Å². The van der Waals surface area contributed by atoms with Crippen LogP contribution in [0, 0.1) is 5.92 Å². The van der Waals surface area contributed by atoms with Gasteiger partial charge in [0, 0.05) is 34.3 Å². The monoisotopic (exact) mass is 465 g/mol. The first-order chi connectivity index (χ1) is 13.7. The lowest BCUT2D eigenvalue weighted by atomic mass is 9.90. The maximum Gasteiger partial charge on any atom is 0.0681 e. The standard InChI is InChI=1S/C23H33BrClN3/c24-23-7-6-20(25)15-19(23)14-18-8-11-27(12-9-18)16-21-10-13-28(17-26-21)22-4-2-1-3-5-22/h6-7,10,15,18,22,26H,1-5,8-9,11-14,16-17H2. The Balaban J connectivity index is 1.21. The minimum atomic E-state index is 0.765. The molecule has 28 heavy (non-hydrogen) atoms. The van der Waals surface area contributed by atoms with Crippen molar-refractivity contribution >= 4 is 27.5 Å². The number of hydrogen-bond donors (Lipinski definition) is 1. The molecule has 1 aliphatic carbocycles.